The van der Waals surface area contributed by atoms with Gasteiger partial charge >= 0.3 is 0 Å². The molecule has 0 saturated heterocycles. The fraction of sp³-hybridized carbons (Fsp3) is 0.231. The van der Waals surface area contributed by atoms with Gasteiger partial charge in [0.25, 0.3) is 7.14 Å². The van der Waals surface area contributed by atoms with E-state index >= 15 is 0 Å². The van der Waals surface area contributed by atoms with E-state index in [1.165, 1.54) is 14.2 Å². The predicted molar refractivity (Wildman–Crippen MR) is 135 cm³/mol. The maximum Gasteiger partial charge on any atom is 0.256 e. The van der Waals surface area contributed by atoms with Gasteiger partial charge in [-0.3, -0.25) is 9.59 Å². The number of halogens is 1. The minimum Gasteiger partial charge on any atom is -0.496 e. The van der Waals surface area contributed by atoms with Crippen molar-refractivity contribution in [3.63, 3.8) is 0 Å². The van der Waals surface area contributed by atoms with Gasteiger partial charge in [-0.25, -0.2) is 0 Å². The first-order chi connectivity index (χ1) is 15.6. The van der Waals surface area contributed by atoms with Crippen LogP contribution in [0.25, 0.3) is 0 Å². The van der Waals surface area contributed by atoms with Crippen LogP contribution in [0.15, 0.2) is 53.0 Å². The van der Waals surface area contributed by atoms with E-state index in [1.54, 1.807) is 49.4 Å². The molecule has 33 heavy (non-hydrogen) atoms. The Morgan fingerprint density at radius 3 is 2.03 bits per heavy atom. The highest BCUT2D eigenvalue weighted by molar-refractivity contribution is 9.10. The molecule has 0 saturated carbocycles. The third-order valence-electron chi connectivity index (χ3n) is 5.95. The van der Waals surface area contributed by atoms with E-state index in [1.807, 2.05) is 26.8 Å². The molecule has 3 aromatic carbocycles. The summed E-state index contributed by atoms with van der Waals surface area (Å²) < 4.78 is 26.4. The second-order valence-electron chi connectivity index (χ2n) is 7.85. The first-order valence-corrected chi connectivity index (χ1v) is 12.8. The van der Waals surface area contributed by atoms with Crippen molar-refractivity contribution in [3.8, 4) is 11.5 Å². The molecule has 3 rings (SSSR count). The number of rotatable bonds is 7. The van der Waals surface area contributed by atoms with Crippen molar-refractivity contribution in [2.24, 2.45) is 0 Å². The number of aryl methyl sites for hydroxylation is 2. The number of hydrogen-bond acceptors (Lipinski definition) is 5. The van der Waals surface area contributed by atoms with Crippen molar-refractivity contribution in [2.45, 2.75) is 27.7 Å². The average molecular weight is 529 g/mol. The van der Waals surface area contributed by atoms with Crippen molar-refractivity contribution in [1.29, 1.82) is 0 Å². The van der Waals surface area contributed by atoms with E-state index in [0.717, 1.165) is 11.1 Å². The van der Waals surface area contributed by atoms with Crippen LogP contribution in [0.4, 0.5) is 0 Å². The first-order valence-electron chi connectivity index (χ1n) is 10.3. The topological polar surface area (TPSA) is 69.7 Å². The van der Waals surface area contributed by atoms with Gasteiger partial charge in [-0.05, 0) is 78.0 Å². The smallest absolute Gasteiger partial charge is 0.256 e. The molecule has 7 heteroatoms. The van der Waals surface area contributed by atoms with Crippen LogP contribution in [0.3, 0.4) is 0 Å². The molecule has 0 N–H and O–H groups in total. The molecular formula is C26H26BrO5P. The Balaban J connectivity index is 2.46. The molecule has 0 radical (unpaired) electrons. The van der Waals surface area contributed by atoms with Gasteiger partial charge in [0.2, 0.25) is 11.0 Å². The highest BCUT2D eigenvalue weighted by Crippen LogP contribution is 2.56. The number of ether oxygens (including phenoxy) is 2. The minimum atomic E-state index is -4.48. The summed E-state index contributed by atoms with van der Waals surface area (Å²) in [5, 5.41) is -0.0437. The Hall–Kier alpha value is -2.69. The average Bonchev–Trinajstić information content (AvgIpc) is 2.81. The van der Waals surface area contributed by atoms with E-state index in [2.05, 4.69) is 15.9 Å². The first kappa shape index (κ1) is 24.9. The van der Waals surface area contributed by atoms with Crippen LogP contribution in [0.5, 0.6) is 11.5 Å². The van der Waals surface area contributed by atoms with E-state index in [0.29, 0.717) is 15.6 Å². The summed E-state index contributed by atoms with van der Waals surface area (Å²) in [6.07, 6.45) is 0. The van der Waals surface area contributed by atoms with Crippen LogP contribution < -0.4 is 14.8 Å². The second kappa shape index (κ2) is 9.66. The van der Waals surface area contributed by atoms with Crippen molar-refractivity contribution >= 4 is 39.4 Å². The molecule has 0 aliphatic rings. The van der Waals surface area contributed by atoms with Gasteiger partial charge in [0.05, 0.1) is 18.7 Å². The second-order valence-corrected chi connectivity index (χ2v) is 11.2. The van der Waals surface area contributed by atoms with Crippen LogP contribution in [-0.4, -0.2) is 25.3 Å². The zero-order chi connectivity index (χ0) is 24.5. The number of carbonyl (C=O) groups excluding carboxylic acids is 2. The fourth-order valence-corrected chi connectivity index (χ4v) is 7.40. The fourth-order valence-electron chi connectivity index (χ4n) is 4.01. The molecule has 0 aromatic heterocycles. The largest absolute Gasteiger partial charge is 0.496 e. The molecule has 0 bridgehead atoms. The molecule has 1 atom stereocenters. The Morgan fingerprint density at radius 2 is 1.45 bits per heavy atom. The Bertz CT molecular complexity index is 1300. The van der Waals surface area contributed by atoms with Crippen molar-refractivity contribution in [1.82, 2.24) is 0 Å². The van der Waals surface area contributed by atoms with E-state index in [-0.39, 0.29) is 27.9 Å². The molecule has 0 aliphatic carbocycles. The molecule has 0 aliphatic heterocycles. The van der Waals surface area contributed by atoms with Gasteiger partial charge in [-0.2, -0.15) is 0 Å². The Morgan fingerprint density at radius 1 is 0.818 bits per heavy atom. The van der Waals surface area contributed by atoms with E-state index in [4.69, 9.17) is 9.47 Å². The third kappa shape index (κ3) is 4.18. The quantitative estimate of drug-likeness (QED) is 0.333. The maximum atomic E-state index is 14.9. The van der Waals surface area contributed by atoms with Crippen molar-refractivity contribution in [3.05, 3.63) is 86.4 Å². The van der Waals surface area contributed by atoms with E-state index in [9.17, 15) is 14.2 Å². The highest BCUT2D eigenvalue weighted by Gasteiger charge is 2.48. The minimum absolute atomic E-state index is 0.0437. The number of hydrogen-bond donors (Lipinski definition) is 0. The maximum absolute atomic E-state index is 14.9. The van der Waals surface area contributed by atoms with Gasteiger partial charge in [0.15, 0.2) is 0 Å². The van der Waals surface area contributed by atoms with Crippen LogP contribution in [0.1, 0.15) is 43.0 Å². The van der Waals surface area contributed by atoms with Crippen LogP contribution in [0.2, 0.25) is 0 Å². The van der Waals surface area contributed by atoms with Crippen LogP contribution in [0, 0.1) is 27.7 Å². The molecular weight excluding hydrogens is 503 g/mol. The SMILES string of the molecule is COc1ccc(Br)c(OC)c1P(=O)(C(=O)c1ccccc1)C(=O)c1c(C)cc(C)c(C)c1C. The monoisotopic (exact) mass is 528 g/mol. The van der Waals surface area contributed by atoms with Gasteiger partial charge in [-0.15, -0.1) is 0 Å². The lowest BCUT2D eigenvalue weighted by Crippen LogP contribution is -2.25. The molecule has 172 valence electrons. The van der Waals surface area contributed by atoms with Crippen molar-refractivity contribution in [2.75, 3.05) is 14.2 Å². The summed E-state index contributed by atoms with van der Waals surface area (Å²) in [6.45, 7) is 7.47. The summed E-state index contributed by atoms with van der Waals surface area (Å²) in [5.74, 6) is 0.282. The molecule has 0 amide bonds. The molecule has 0 heterocycles. The summed E-state index contributed by atoms with van der Waals surface area (Å²) in [6, 6.07) is 13.3. The van der Waals surface area contributed by atoms with Crippen LogP contribution >= 0.6 is 23.1 Å². The number of carbonyl (C=O) groups is 2. The van der Waals surface area contributed by atoms with Crippen molar-refractivity contribution < 1.29 is 23.6 Å². The van der Waals surface area contributed by atoms with Gasteiger partial charge < -0.3 is 14.0 Å². The molecule has 0 spiro atoms. The van der Waals surface area contributed by atoms with Gasteiger partial charge in [0, 0.05) is 11.1 Å². The number of methoxy groups -OCH3 is 2. The standard InChI is InChI=1S/C26H26BrO5P/c1-15-14-16(2)22(18(4)17(15)3)26(29)33(30,25(28)19-10-8-7-9-11-19)24-21(31-5)13-12-20(27)23(24)32-6/h7-14H,1-6H3. The Labute approximate surface area is 202 Å². The molecule has 3 aromatic rings. The lowest BCUT2D eigenvalue weighted by molar-refractivity contribution is 0.104. The molecule has 5 nitrogen and oxygen atoms in total. The van der Waals surface area contributed by atoms with Gasteiger partial charge in [0.1, 0.15) is 16.8 Å². The number of benzene rings is 3. The summed E-state index contributed by atoms with van der Waals surface area (Å²) in [5.41, 5.74) is 2.26. The predicted octanol–water partition coefficient (Wildman–Crippen LogP) is 6.37. The van der Waals surface area contributed by atoms with Gasteiger partial charge in [-0.1, -0.05) is 36.4 Å². The zero-order valence-electron chi connectivity index (χ0n) is 19.5. The Kier molecular flexibility index (Phi) is 7.30. The normalized spacial score (nSPS) is 12.7. The van der Waals surface area contributed by atoms with Crippen LogP contribution in [-0.2, 0) is 4.57 Å². The van der Waals surface area contributed by atoms with E-state index < -0.39 is 18.2 Å². The summed E-state index contributed by atoms with van der Waals surface area (Å²) in [7, 11) is -1.68. The highest BCUT2D eigenvalue weighted by atomic mass is 79.9. The molecule has 1 unspecified atom stereocenters. The summed E-state index contributed by atoms with van der Waals surface area (Å²) in [4.78, 5) is 28.1. The lowest BCUT2D eigenvalue weighted by Gasteiger charge is -2.24. The molecule has 0 fully saturated rings. The lowest BCUT2D eigenvalue weighted by atomic mass is 9.95. The summed E-state index contributed by atoms with van der Waals surface area (Å²) >= 11 is 3.40. The zero-order valence-corrected chi connectivity index (χ0v) is 22.0. The third-order valence-corrected chi connectivity index (χ3v) is 9.25.